The molecule has 40 heteroatoms. The maximum absolute atomic E-state index is 15.0. The molecule has 13 amide bonds. The molecule has 0 radical (unpaired) electrons. The van der Waals surface area contributed by atoms with Gasteiger partial charge in [0.15, 0.2) is 17.9 Å². The molecule has 1 heterocycles. The van der Waals surface area contributed by atoms with Crippen LogP contribution >= 0.6 is 11.8 Å². The Labute approximate surface area is 675 Å². The zero-order valence-electron chi connectivity index (χ0n) is 67.3. The van der Waals surface area contributed by atoms with Crippen molar-refractivity contribution < 1.29 is 77.3 Å². The molecule has 1 aliphatic heterocycles. The molecule has 0 spiro atoms. The number of aliphatic hydroxyl groups excluding tert-OH is 1. The van der Waals surface area contributed by atoms with Gasteiger partial charge in [-0.1, -0.05) is 143 Å². The van der Waals surface area contributed by atoms with Crippen LogP contribution in [0.25, 0.3) is 0 Å². The average Bonchev–Trinajstić information content (AvgIpc) is 0.843. The molecule has 1 saturated heterocycles. The summed E-state index contributed by atoms with van der Waals surface area (Å²) in [6.07, 6.45) is -3.12. The van der Waals surface area contributed by atoms with Crippen LogP contribution in [0.1, 0.15) is 145 Å². The molecule has 115 heavy (non-hydrogen) atoms. The number of amides is 13. The van der Waals surface area contributed by atoms with E-state index in [9.17, 15) is 77.3 Å². The number of aliphatic hydroxyl groups is 1. The lowest BCUT2D eigenvalue weighted by molar-refractivity contribution is -0.142. The number of primary amides is 1. The third-order valence-corrected chi connectivity index (χ3v) is 19.8. The number of guanidine groups is 3. The standard InChI is InChI=1S/C75H123N23O16S/c1-11-42(9)59-71(113)90-47(27-20-30-84-74(79)80)62(104)92-52(35-56(101)102)67(109)89-48(28-21-31-85-75(81)82)64(106)95-57(40(5)6)69(111)93-51(34-45-24-17-14-18-25-45)66(108)88-46(26-19-29-83-73(77)78)63(105)94-53(61(103)86-36-54(76)99)37-115-38-55(100)87-50(33-44-22-15-13-16-23-44)65(107)91-49(32-39(3)4)68(110)97-60(43(10)12-2)72(114)96-58(41(7)8)70(112)98-59/h13-18,22-25,39-43,46-53,55,57-60,87,100H,11-12,19-21,26-38H2,1-10H3,(H2,76,99)(H,86,103)(H,88,108)(H,89,109)(H,90,113)(H,91,107)(H,92,104)(H,93,111)(H,94,105)(H,95,106)(H,96,114)(H,97,110)(H,98,112)(H,101,102)(H4,77,78,83)(H4,79,80,84)(H4,81,82,85)/t42-,43-,46-,47-,48-,49-,50-,51-,52-,53-,55?,57-,58-,59-,60-/m0/s1. The molecular formula is C75H123N23O16S. The number of hydrogen-bond acceptors (Lipinski definition) is 20. The summed E-state index contributed by atoms with van der Waals surface area (Å²) in [7, 11) is 0. The van der Waals surface area contributed by atoms with E-state index in [4.69, 9.17) is 40.1 Å². The summed E-state index contributed by atoms with van der Waals surface area (Å²) in [4.78, 5) is 213. The molecule has 29 N–H and O–H groups in total. The molecule has 0 bridgehead atoms. The normalized spacial score (nSPS) is 24.2. The minimum atomic E-state index is -2.00. The number of rotatable bonds is 29. The number of carboxylic acid groups (broad SMARTS) is 1. The van der Waals surface area contributed by atoms with Gasteiger partial charge in [-0.25, -0.2) is 0 Å². The minimum Gasteiger partial charge on any atom is -0.481 e. The van der Waals surface area contributed by atoms with E-state index in [1.165, 1.54) is 0 Å². The molecule has 2 aromatic carbocycles. The number of nitrogens with one attached hydrogen (secondary N) is 13. The summed E-state index contributed by atoms with van der Waals surface area (Å²) in [5, 5.41) is 56.6. The molecule has 1 fully saturated rings. The van der Waals surface area contributed by atoms with Crippen molar-refractivity contribution in [1.29, 1.82) is 0 Å². The van der Waals surface area contributed by atoms with Crippen LogP contribution in [0.2, 0.25) is 0 Å². The van der Waals surface area contributed by atoms with Gasteiger partial charge in [-0.05, 0) is 92.1 Å². The molecule has 0 aromatic heterocycles. The Balaban J connectivity index is 2.40. The number of carbonyl (C=O) groups excluding carboxylic acids is 13. The Morgan fingerprint density at radius 1 is 0.443 bits per heavy atom. The molecular weight excluding hydrogens is 1510 g/mol. The van der Waals surface area contributed by atoms with E-state index < -0.39 is 198 Å². The molecule has 15 atom stereocenters. The van der Waals surface area contributed by atoms with E-state index in [1.807, 2.05) is 0 Å². The number of thioether (sulfide) groups is 1. The highest BCUT2D eigenvalue weighted by molar-refractivity contribution is 7.99. The predicted octanol–water partition coefficient (Wildman–Crippen LogP) is -4.48. The quantitative estimate of drug-likeness (QED) is 0.0207. The molecule has 2 aromatic rings. The van der Waals surface area contributed by atoms with Crippen LogP contribution in [0.15, 0.2) is 75.6 Å². The van der Waals surface area contributed by atoms with Crippen molar-refractivity contribution in [2.75, 3.05) is 37.7 Å². The number of carboxylic acids is 1. The number of aliphatic carboxylic acids is 1. The second-order valence-corrected chi connectivity index (χ2v) is 30.6. The second-order valence-electron chi connectivity index (χ2n) is 29.5. The van der Waals surface area contributed by atoms with Crippen LogP contribution < -0.4 is 109 Å². The Kier molecular flexibility index (Phi) is 43.6. The minimum absolute atomic E-state index is 0.00891. The van der Waals surface area contributed by atoms with E-state index in [0.29, 0.717) is 17.5 Å². The summed E-state index contributed by atoms with van der Waals surface area (Å²) in [6.45, 7) is 15.8. The summed E-state index contributed by atoms with van der Waals surface area (Å²) in [5.41, 5.74) is 40.2. The van der Waals surface area contributed by atoms with E-state index in [-0.39, 0.29) is 119 Å². The van der Waals surface area contributed by atoms with Crippen molar-refractivity contribution >= 4 is 112 Å². The molecule has 1 aliphatic rings. The summed E-state index contributed by atoms with van der Waals surface area (Å²) >= 11 is 0.911. The van der Waals surface area contributed by atoms with Crippen LogP contribution in [-0.2, 0) is 80.0 Å². The number of nitrogens with zero attached hydrogens (tertiary/aromatic N) is 3. The van der Waals surface area contributed by atoms with Gasteiger partial charge < -0.3 is 114 Å². The molecule has 3 rings (SSSR count). The number of aliphatic imine (C=N–C) groups is 3. The van der Waals surface area contributed by atoms with Crippen molar-refractivity contribution in [3.63, 3.8) is 0 Å². The fourth-order valence-electron chi connectivity index (χ4n) is 12.0. The number of carbonyl (C=O) groups is 14. The number of hydrogen-bond donors (Lipinski definition) is 22. The van der Waals surface area contributed by atoms with Gasteiger partial charge in [0.25, 0.3) is 0 Å². The zero-order chi connectivity index (χ0) is 86.2. The molecule has 1 unspecified atom stereocenters. The van der Waals surface area contributed by atoms with Gasteiger partial charge in [0, 0.05) is 37.6 Å². The highest BCUT2D eigenvalue weighted by atomic mass is 32.2. The van der Waals surface area contributed by atoms with Crippen LogP contribution in [0.3, 0.4) is 0 Å². The lowest BCUT2D eigenvalue weighted by Gasteiger charge is -2.32. The van der Waals surface area contributed by atoms with E-state index >= 15 is 0 Å². The maximum atomic E-state index is 15.0. The highest BCUT2D eigenvalue weighted by Gasteiger charge is 2.40. The SMILES string of the molecule is CC[C@H](C)[C@@H]1NC(=O)[C@H](CC(C)C)NC(=O)[C@H](Cc2ccccc2)NC(O)CSC[C@@H](C(=O)NCC(N)=O)NC(=O)[C@H](CCCN=C(N)N)NC(=O)[C@H](Cc2ccccc2)NC(=O)[C@H](C(C)C)NC(=O)[C@H](CCCN=C(N)N)NC(=O)[C@H](CC(=O)O)NC(=O)[C@H](CCCN=C(N)N)NC(=O)[C@H]([C@@H](C)CC)NC(=O)[C@H](C(C)C)NC1=O. The summed E-state index contributed by atoms with van der Waals surface area (Å²) in [5.74, 6) is -18.5. The van der Waals surface area contributed by atoms with E-state index in [1.54, 1.807) is 130 Å². The van der Waals surface area contributed by atoms with Crippen molar-refractivity contribution in [1.82, 2.24) is 69.1 Å². The Bertz CT molecular complexity index is 3640. The van der Waals surface area contributed by atoms with E-state index in [2.05, 4.69) is 84.1 Å². The van der Waals surface area contributed by atoms with Gasteiger partial charge in [0.2, 0.25) is 76.8 Å². The molecule has 0 aliphatic carbocycles. The highest BCUT2D eigenvalue weighted by Crippen LogP contribution is 2.19. The monoisotopic (exact) mass is 1630 g/mol. The van der Waals surface area contributed by atoms with Gasteiger partial charge >= 0.3 is 5.97 Å². The van der Waals surface area contributed by atoms with Crippen molar-refractivity contribution in [2.45, 2.75) is 225 Å². The first kappa shape index (κ1) is 98.3. The number of benzene rings is 2. The fraction of sp³-hybridized carbons (Fsp3) is 0.613. The van der Waals surface area contributed by atoms with Gasteiger partial charge in [-0.3, -0.25) is 87.4 Å². The predicted molar refractivity (Wildman–Crippen MR) is 434 cm³/mol. The molecule has 640 valence electrons. The largest absolute Gasteiger partial charge is 0.481 e. The van der Waals surface area contributed by atoms with E-state index in [0.717, 1.165) is 11.8 Å². The first-order valence-corrected chi connectivity index (χ1v) is 39.8. The smallest absolute Gasteiger partial charge is 0.305 e. The van der Waals surface area contributed by atoms with Crippen LogP contribution in [-0.4, -0.2) is 227 Å². The zero-order valence-corrected chi connectivity index (χ0v) is 68.1. The number of nitrogens with two attached hydrogens (primary N) is 7. The second kappa shape index (κ2) is 51.0. The van der Waals surface area contributed by atoms with Crippen LogP contribution in [0.4, 0.5) is 0 Å². The maximum Gasteiger partial charge on any atom is 0.305 e. The third kappa shape index (κ3) is 36.9. The van der Waals surface area contributed by atoms with Gasteiger partial charge in [-0.15, -0.1) is 0 Å². The Morgan fingerprint density at radius 3 is 1.22 bits per heavy atom. The Hall–Kier alpha value is -10.9. The van der Waals surface area contributed by atoms with Crippen LogP contribution in [0.5, 0.6) is 0 Å². The summed E-state index contributed by atoms with van der Waals surface area (Å²) < 4.78 is 0. The Morgan fingerprint density at radius 2 is 0.783 bits per heavy atom. The third-order valence-electron chi connectivity index (χ3n) is 18.7. The average molecular weight is 1640 g/mol. The molecule has 39 nitrogen and oxygen atoms in total. The van der Waals surface area contributed by atoms with Crippen molar-refractivity contribution in [2.24, 2.45) is 84.7 Å². The lowest BCUT2D eigenvalue weighted by Crippen LogP contribution is -2.63. The van der Waals surface area contributed by atoms with Crippen molar-refractivity contribution in [3.05, 3.63) is 71.8 Å². The first-order chi connectivity index (χ1) is 54.2. The first-order valence-electron chi connectivity index (χ1n) is 38.6. The topological polar surface area (TPSA) is 655 Å². The van der Waals surface area contributed by atoms with Gasteiger partial charge in [0.05, 0.1) is 19.0 Å². The van der Waals surface area contributed by atoms with Crippen molar-refractivity contribution in [3.8, 4) is 0 Å². The molecule has 0 saturated carbocycles. The van der Waals surface area contributed by atoms with Gasteiger partial charge in [0.1, 0.15) is 72.7 Å². The van der Waals surface area contributed by atoms with Gasteiger partial charge in [-0.2, -0.15) is 11.8 Å². The summed E-state index contributed by atoms with van der Waals surface area (Å²) in [6, 6.07) is -1.20. The fourth-order valence-corrected chi connectivity index (χ4v) is 12.9. The van der Waals surface area contributed by atoms with Crippen LogP contribution in [0, 0.1) is 29.6 Å². The lowest BCUT2D eigenvalue weighted by atomic mass is 9.94.